The number of imide groups is 1. The van der Waals surface area contributed by atoms with Crippen LogP contribution in [0.3, 0.4) is 0 Å². The second kappa shape index (κ2) is 18.8. The van der Waals surface area contributed by atoms with E-state index in [1.165, 1.54) is 38.5 Å². The second-order valence-electron chi connectivity index (χ2n) is 16.3. The van der Waals surface area contributed by atoms with Gasteiger partial charge in [-0.2, -0.15) is 5.10 Å². The van der Waals surface area contributed by atoms with E-state index in [9.17, 15) is 19.2 Å². The van der Waals surface area contributed by atoms with Crippen molar-refractivity contribution in [3.63, 3.8) is 0 Å². The maximum atomic E-state index is 13.1. The van der Waals surface area contributed by atoms with Crippen molar-refractivity contribution in [3.8, 4) is 22.8 Å². The number of primary amides is 1. The molecule has 4 amide bonds. The number of likely N-dealkylation sites (tertiary alicyclic amines) is 1. The summed E-state index contributed by atoms with van der Waals surface area (Å²) in [6.45, 7) is 4.55. The molecule has 2 atom stereocenters. The molecule has 4 N–H and O–H groups in total. The molecule has 8 rings (SSSR count). The van der Waals surface area contributed by atoms with Gasteiger partial charge in [0.1, 0.15) is 34.6 Å². The summed E-state index contributed by atoms with van der Waals surface area (Å²) in [6.07, 6.45) is 12.4. The average molecular weight is 818 g/mol. The van der Waals surface area contributed by atoms with Gasteiger partial charge in [-0.1, -0.05) is 56.4 Å². The molecule has 0 spiro atoms. The zero-order valence-electron chi connectivity index (χ0n) is 33.7. The van der Waals surface area contributed by atoms with Gasteiger partial charge >= 0.3 is 0 Å². The Balaban J connectivity index is 0.730. The number of rotatable bonds is 17. The number of nitrogens with zero attached hydrogens (tertiary/aromatic N) is 4. The highest BCUT2D eigenvalue weighted by atomic mass is 32.2. The number of para-hydroxylation sites is 1. The maximum Gasteiger partial charge on any atom is 0.255 e. The van der Waals surface area contributed by atoms with E-state index >= 15 is 0 Å². The minimum Gasteiger partial charge on any atom is -0.457 e. The zero-order chi connectivity index (χ0) is 40.7. The first kappa shape index (κ1) is 40.6. The van der Waals surface area contributed by atoms with Crippen LogP contribution in [0.25, 0.3) is 11.3 Å². The highest BCUT2D eigenvalue weighted by Crippen LogP contribution is 2.41. The molecule has 5 heterocycles. The van der Waals surface area contributed by atoms with Crippen LogP contribution in [-0.2, 0) is 16.1 Å². The SMILES string of the molecule is NC(=O)c1c(-c2ccc(Oc3ccccc3)cc2)nn2c1NCCC2C1CCN(CCCCCCCCCSc2cccc3c2CN(C2CCC(=O)NC2=O)C3=O)CC1. The third-order valence-electron chi connectivity index (χ3n) is 12.4. The van der Waals surface area contributed by atoms with Crippen molar-refractivity contribution in [2.75, 3.05) is 37.2 Å². The fourth-order valence-electron chi connectivity index (χ4n) is 9.24. The van der Waals surface area contributed by atoms with Crippen LogP contribution in [0.15, 0.2) is 77.7 Å². The molecule has 4 aromatic rings. The number of anilines is 1. The Morgan fingerprint density at radius 2 is 1.56 bits per heavy atom. The van der Waals surface area contributed by atoms with E-state index < -0.39 is 11.9 Å². The number of aromatic nitrogens is 2. The third kappa shape index (κ3) is 9.36. The van der Waals surface area contributed by atoms with E-state index in [-0.39, 0.29) is 30.2 Å². The summed E-state index contributed by atoms with van der Waals surface area (Å²) in [7, 11) is 0. The van der Waals surface area contributed by atoms with Crippen molar-refractivity contribution in [1.82, 2.24) is 24.9 Å². The smallest absolute Gasteiger partial charge is 0.255 e. The van der Waals surface area contributed by atoms with Crippen LogP contribution in [0.2, 0.25) is 0 Å². The van der Waals surface area contributed by atoms with Gasteiger partial charge in [-0.15, -0.1) is 11.8 Å². The molecule has 0 saturated carbocycles. The van der Waals surface area contributed by atoms with Crippen LogP contribution in [-0.4, -0.2) is 81.2 Å². The first-order valence-electron chi connectivity index (χ1n) is 21.5. The Morgan fingerprint density at radius 3 is 2.31 bits per heavy atom. The highest BCUT2D eigenvalue weighted by molar-refractivity contribution is 7.99. The molecule has 59 heavy (non-hydrogen) atoms. The first-order valence-corrected chi connectivity index (χ1v) is 22.4. The standard InChI is InChI=1S/C46H55N7O5S/c47-43(55)41-42(32-16-18-34(19-17-32)58-33-12-7-6-8-13-33)50-53-37(22-25-48-44(41)53)31-23-27-51(28-24-31)26-9-4-2-1-3-5-10-29-59-39-15-11-14-35-36(39)30-52(46(35)57)38-20-21-40(54)49-45(38)56/h6-8,11-19,31,37-38,48H,1-5,9-10,20-30H2,(H2,47,55)(H,49,54,56). The Bertz CT molecular complexity index is 2130. The number of amides is 4. The lowest BCUT2D eigenvalue weighted by molar-refractivity contribution is -0.136. The van der Waals surface area contributed by atoms with Gasteiger partial charge in [0.15, 0.2) is 0 Å². The lowest BCUT2D eigenvalue weighted by Crippen LogP contribution is -2.52. The topological polar surface area (TPSA) is 152 Å². The molecule has 2 saturated heterocycles. The highest BCUT2D eigenvalue weighted by Gasteiger charge is 2.40. The normalized spacial score (nSPS) is 19.6. The van der Waals surface area contributed by atoms with Gasteiger partial charge in [-0.05, 0) is 124 Å². The van der Waals surface area contributed by atoms with Crippen LogP contribution in [0.4, 0.5) is 5.82 Å². The molecule has 12 nitrogen and oxygen atoms in total. The first-order chi connectivity index (χ1) is 28.8. The van der Waals surface area contributed by atoms with Crippen LogP contribution in [0.5, 0.6) is 11.5 Å². The van der Waals surface area contributed by atoms with E-state index in [0.717, 1.165) is 85.2 Å². The van der Waals surface area contributed by atoms with Crippen LogP contribution < -0.4 is 21.1 Å². The minimum absolute atomic E-state index is 0.114. The van der Waals surface area contributed by atoms with Crippen molar-refractivity contribution < 1.29 is 23.9 Å². The van der Waals surface area contributed by atoms with Gasteiger partial charge in [-0.3, -0.25) is 24.5 Å². The molecule has 4 aliphatic heterocycles. The lowest BCUT2D eigenvalue weighted by Gasteiger charge is -2.38. The number of fused-ring (bicyclic) bond motifs is 2. The number of unbranched alkanes of at least 4 members (excludes halogenated alkanes) is 6. The van der Waals surface area contributed by atoms with Crippen molar-refractivity contribution in [2.24, 2.45) is 11.7 Å². The van der Waals surface area contributed by atoms with Crippen LogP contribution >= 0.6 is 11.8 Å². The summed E-state index contributed by atoms with van der Waals surface area (Å²) in [5.41, 5.74) is 9.58. The predicted molar refractivity (Wildman–Crippen MR) is 230 cm³/mol. The number of carbonyl (C=O) groups is 4. The number of hydrogen-bond donors (Lipinski definition) is 3. The van der Waals surface area contributed by atoms with Crippen LogP contribution in [0.1, 0.15) is 109 Å². The summed E-state index contributed by atoms with van der Waals surface area (Å²) in [6, 6.07) is 22.9. The number of nitrogens with one attached hydrogen (secondary N) is 2. The Hall–Kier alpha value is -5.14. The molecule has 3 aromatic carbocycles. The molecule has 13 heteroatoms. The van der Waals surface area contributed by atoms with Crippen molar-refractivity contribution in [3.05, 3.63) is 89.5 Å². The number of piperidine rings is 2. The molecular formula is C46H55N7O5S. The molecule has 0 radical (unpaired) electrons. The molecule has 2 unspecified atom stereocenters. The van der Waals surface area contributed by atoms with E-state index in [1.54, 1.807) is 16.7 Å². The number of hydrogen-bond acceptors (Lipinski definition) is 9. The van der Waals surface area contributed by atoms with Crippen molar-refractivity contribution >= 4 is 41.2 Å². The Kier molecular flexibility index (Phi) is 13.0. The van der Waals surface area contributed by atoms with Crippen LogP contribution in [0, 0.1) is 5.92 Å². The molecule has 4 aliphatic rings. The van der Waals surface area contributed by atoms with Crippen molar-refractivity contribution in [2.45, 2.75) is 101 Å². The second-order valence-corrected chi connectivity index (χ2v) is 17.4. The van der Waals surface area contributed by atoms with E-state index in [0.29, 0.717) is 41.5 Å². The zero-order valence-corrected chi connectivity index (χ0v) is 34.5. The Morgan fingerprint density at radius 1 is 0.831 bits per heavy atom. The summed E-state index contributed by atoms with van der Waals surface area (Å²) in [5.74, 6) is 2.50. The minimum atomic E-state index is -0.581. The number of benzene rings is 3. The molecular weight excluding hydrogens is 763 g/mol. The Labute approximate surface area is 350 Å². The van der Waals surface area contributed by atoms with Gasteiger partial charge < -0.3 is 25.6 Å². The molecule has 310 valence electrons. The van der Waals surface area contributed by atoms with E-state index in [2.05, 4.69) is 26.3 Å². The monoisotopic (exact) mass is 817 g/mol. The summed E-state index contributed by atoms with van der Waals surface area (Å²) in [5, 5.41) is 10.9. The third-order valence-corrected chi connectivity index (χ3v) is 13.6. The van der Waals surface area contributed by atoms with E-state index in [4.69, 9.17) is 15.6 Å². The number of thioether (sulfide) groups is 1. The quantitative estimate of drug-likeness (QED) is 0.0551. The van der Waals surface area contributed by atoms with E-state index in [1.807, 2.05) is 66.7 Å². The van der Waals surface area contributed by atoms with Gasteiger partial charge in [0.2, 0.25) is 11.8 Å². The largest absolute Gasteiger partial charge is 0.457 e. The van der Waals surface area contributed by atoms with Gasteiger partial charge in [0.25, 0.3) is 11.8 Å². The number of carbonyl (C=O) groups excluding carboxylic acids is 4. The molecule has 0 bridgehead atoms. The fourth-order valence-corrected chi connectivity index (χ4v) is 10.3. The summed E-state index contributed by atoms with van der Waals surface area (Å²) < 4.78 is 8.03. The fraction of sp³-hybridized carbons (Fsp3) is 0.457. The predicted octanol–water partition coefficient (Wildman–Crippen LogP) is 7.79. The lowest BCUT2D eigenvalue weighted by atomic mass is 9.86. The van der Waals surface area contributed by atoms with Gasteiger partial charge in [0.05, 0.1) is 6.04 Å². The molecule has 0 aliphatic carbocycles. The van der Waals surface area contributed by atoms with Gasteiger partial charge in [-0.25, -0.2) is 4.68 Å². The molecule has 1 aromatic heterocycles. The maximum absolute atomic E-state index is 13.1. The average Bonchev–Trinajstić information content (AvgIpc) is 3.81. The van der Waals surface area contributed by atoms with Crippen molar-refractivity contribution in [1.29, 1.82) is 0 Å². The number of nitrogens with two attached hydrogens (primary N) is 1. The van der Waals surface area contributed by atoms with Gasteiger partial charge in [0, 0.05) is 35.5 Å². The molecule has 2 fully saturated rings. The summed E-state index contributed by atoms with van der Waals surface area (Å²) in [4.78, 5) is 55.4. The summed E-state index contributed by atoms with van der Waals surface area (Å²) >= 11 is 1.80. The number of ether oxygens (including phenoxy) is 1.